The zero-order valence-corrected chi connectivity index (χ0v) is 16.0. The zero-order valence-electron chi connectivity index (χ0n) is 14.4. The smallest absolute Gasteiger partial charge is 0.223 e. The van der Waals surface area contributed by atoms with E-state index in [4.69, 9.17) is 0 Å². The van der Waals surface area contributed by atoms with Crippen LogP contribution in [0.1, 0.15) is 39.4 Å². The molecule has 8 heteroatoms. The minimum absolute atomic E-state index is 0.00205. The van der Waals surface area contributed by atoms with E-state index in [0.29, 0.717) is 38.2 Å². The van der Waals surface area contributed by atoms with Crippen molar-refractivity contribution in [2.75, 3.05) is 32.4 Å². The minimum atomic E-state index is -3.22. The predicted octanol–water partition coefficient (Wildman–Crippen LogP) is 1.82. The predicted molar refractivity (Wildman–Crippen MR) is 95.0 cm³/mol. The lowest BCUT2D eigenvalue weighted by Gasteiger charge is -2.21. The molecule has 0 radical (unpaired) electrons. The Hall–Kier alpha value is -1.25. The quantitative estimate of drug-likeness (QED) is 0.739. The topological polar surface area (TPSA) is 74.8 Å². The van der Waals surface area contributed by atoms with E-state index in [9.17, 15) is 18.0 Å². The van der Waals surface area contributed by atoms with Gasteiger partial charge in [0.25, 0.3) is 0 Å². The van der Waals surface area contributed by atoms with E-state index in [1.54, 1.807) is 16.2 Å². The third kappa shape index (κ3) is 4.87. The molecule has 0 saturated carbocycles. The lowest BCUT2D eigenvalue weighted by Crippen LogP contribution is -2.37. The van der Waals surface area contributed by atoms with Crippen LogP contribution in [-0.4, -0.2) is 61.7 Å². The highest BCUT2D eigenvalue weighted by atomic mass is 32.2. The molecule has 0 aliphatic carbocycles. The first-order valence-corrected chi connectivity index (χ1v) is 10.7. The van der Waals surface area contributed by atoms with Gasteiger partial charge in [0.1, 0.15) is 0 Å². The van der Waals surface area contributed by atoms with E-state index < -0.39 is 10.0 Å². The minimum Gasteiger partial charge on any atom is -0.341 e. The number of hydrogen-bond donors (Lipinski definition) is 0. The van der Waals surface area contributed by atoms with Gasteiger partial charge >= 0.3 is 0 Å². The monoisotopic (exact) mass is 372 g/mol. The summed E-state index contributed by atoms with van der Waals surface area (Å²) in [6.07, 6.45) is 2.18. The summed E-state index contributed by atoms with van der Waals surface area (Å²) in [6, 6.07) is 1.88. The number of amides is 1. The highest BCUT2D eigenvalue weighted by Crippen LogP contribution is 2.22. The van der Waals surface area contributed by atoms with Crippen molar-refractivity contribution in [3.63, 3.8) is 0 Å². The lowest BCUT2D eigenvalue weighted by atomic mass is 10.1. The SMILES string of the molecule is Cc1cc(C(=O)CCC(=O)N2CCCN(S(C)(=O)=O)CC2)c(C)s1. The molecule has 1 saturated heterocycles. The molecular formula is C16H24N2O4S2. The van der Waals surface area contributed by atoms with E-state index in [1.165, 1.54) is 10.6 Å². The molecule has 2 heterocycles. The summed E-state index contributed by atoms with van der Waals surface area (Å²) < 4.78 is 24.6. The second-order valence-corrected chi connectivity index (χ2v) is 9.59. The van der Waals surface area contributed by atoms with Gasteiger partial charge in [-0.3, -0.25) is 9.59 Å². The van der Waals surface area contributed by atoms with Gasteiger partial charge in [-0.1, -0.05) is 0 Å². The van der Waals surface area contributed by atoms with Crippen molar-refractivity contribution in [2.45, 2.75) is 33.1 Å². The highest BCUT2D eigenvalue weighted by molar-refractivity contribution is 7.88. The number of Topliss-reactive ketones (excluding diaryl/α,β-unsaturated/α-hetero) is 1. The molecule has 0 atom stereocenters. The van der Waals surface area contributed by atoms with E-state index in [0.717, 1.165) is 9.75 Å². The summed E-state index contributed by atoms with van der Waals surface area (Å²) in [5.41, 5.74) is 0.712. The van der Waals surface area contributed by atoms with Crippen LogP contribution >= 0.6 is 11.3 Å². The van der Waals surface area contributed by atoms with Crippen molar-refractivity contribution in [3.8, 4) is 0 Å². The van der Waals surface area contributed by atoms with Crippen LogP contribution in [0.3, 0.4) is 0 Å². The van der Waals surface area contributed by atoms with Gasteiger partial charge in [-0.25, -0.2) is 12.7 Å². The van der Waals surface area contributed by atoms with Gasteiger partial charge in [0.2, 0.25) is 15.9 Å². The molecule has 1 amide bonds. The van der Waals surface area contributed by atoms with Gasteiger partial charge in [0.05, 0.1) is 6.26 Å². The highest BCUT2D eigenvalue weighted by Gasteiger charge is 2.24. The van der Waals surface area contributed by atoms with Crippen molar-refractivity contribution in [3.05, 3.63) is 21.4 Å². The molecule has 0 N–H and O–H groups in total. The van der Waals surface area contributed by atoms with Crippen LogP contribution in [0.5, 0.6) is 0 Å². The molecule has 1 aliphatic heterocycles. The maximum atomic E-state index is 12.3. The largest absolute Gasteiger partial charge is 0.341 e. The number of carbonyl (C=O) groups is 2. The van der Waals surface area contributed by atoms with E-state index in [2.05, 4.69) is 0 Å². The molecule has 0 unspecified atom stereocenters. The van der Waals surface area contributed by atoms with Crippen molar-refractivity contribution in [1.82, 2.24) is 9.21 Å². The van der Waals surface area contributed by atoms with Gasteiger partial charge in [-0.05, 0) is 26.3 Å². The summed E-state index contributed by atoms with van der Waals surface area (Å²) in [5.74, 6) is -0.0823. The van der Waals surface area contributed by atoms with Gasteiger partial charge in [-0.2, -0.15) is 0 Å². The van der Waals surface area contributed by atoms with Gasteiger partial charge in [0.15, 0.2) is 5.78 Å². The second kappa shape index (κ2) is 7.76. The molecule has 0 bridgehead atoms. The van der Waals surface area contributed by atoms with Crippen molar-refractivity contribution >= 4 is 33.1 Å². The van der Waals surface area contributed by atoms with Crippen LogP contribution in [-0.2, 0) is 14.8 Å². The van der Waals surface area contributed by atoms with Crippen LogP contribution in [0.15, 0.2) is 6.07 Å². The summed E-state index contributed by atoms with van der Waals surface area (Å²) in [7, 11) is -3.22. The fraction of sp³-hybridized carbons (Fsp3) is 0.625. The number of sulfonamides is 1. The summed E-state index contributed by atoms with van der Waals surface area (Å²) in [6.45, 7) is 5.56. The molecule has 1 aromatic rings. The van der Waals surface area contributed by atoms with Crippen LogP contribution < -0.4 is 0 Å². The lowest BCUT2D eigenvalue weighted by molar-refractivity contribution is -0.131. The van der Waals surface area contributed by atoms with Crippen molar-refractivity contribution in [1.29, 1.82) is 0 Å². The maximum absolute atomic E-state index is 12.3. The van der Waals surface area contributed by atoms with Gasteiger partial charge in [0, 0.05) is 54.3 Å². The molecule has 0 spiro atoms. The molecule has 1 aromatic heterocycles. The van der Waals surface area contributed by atoms with Gasteiger partial charge in [-0.15, -0.1) is 11.3 Å². The Morgan fingerprint density at radius 2 is 1.83 bits per heavy atom. The Labute approximate surface area is 147 Å². The average molecular weight is 373 g/mol. The fourth-order valence-corrected chi connectivity index (χ4v) is 4.71. The number of nitrogens with zero attached hydrogens (tertiary/aromatic N) is 2. The van der Waals surface area contributed by atoms with E-state index >= 15 is 0 Å². The van der Waals surface area contributed by atoms with Crippen molar-refractivity contribution < 1.29 is 18.0 Å². The third-order valence-electron chi connectivity index (χ3n) is 4.18. The first-order chi connectivity index (χ1) is 11.2. The van der Waals surface area contributed by atoms with Crippen LogP contribution in [0.4, 0.5) is 0 Å². The zero-order chi connectivity index (χ0) is 17.9. The van der Waals surface area contributed by atoms with Crippen LogP contribution in [0, 0.1) is 13.8 Å². The van der Waals surface area contributed by atoms with Crippen LogP contribution in [0.2, 0.25) is 0 Å². The molecule has 0 aromatic carbocycles. The average Bonchev–Trinajstić information content (AvgIpc) is 2.71. The Morgan fingerprint density at radius 3 is 2.42 bits per heavy atom. The normalized spacial score (nSPS) is 16.9. The first-order valence-electron chi connectivity index (χ1n) is 8.01. The Kier molecular flexibility index (Phi) is 6.17. The summed E-state index contributed by atoms with van der Waals surface area (Å²) >= 11 is 1.59. The molecule has 134 valence electrons. The Balaban J connectivity index is 1.88. The number of hydrogen-bond acceptors (Lipinski definition) is 5. The number of rotatable bonds is 5. The van der Waals surface area contributed by atoms with E-state index in [-0.39, 0.29) is 24.5 Å². The maximum Gasteiger partial charge on any atom is 0.223 e. The fourth-order valence-electron chi connectivity index (χ4n) is 2.90. The first kappa shape index (κ1) is 19.1. The number of aryl methyl sites for hydroxylation is 2. The molecule has 2 rings (SSSR count). The molecule has 1 fully saturated rings. The summed E-state index contributed by atoms with van der Waals surface area (Å²) in [4.78, 5) is 28.4. The van der Waals surface area contributed by atoms with Gasteiger partial charge < -0.3 is 4.90 Å². The third-order valence-corrected chi connectivity index (χ3v) is 6.45. The number of carbonyl (C=O) groups excluding carboxylic acids is 2. The number of ketones is 1. The molecule has 1 aliphatic rings. The van der Waals surface area contributed by atoms with Crippen molar-refractivity contribution in [2.24, 2.45) is 0 Å². The second-order valence-electron chi connectivity index (χ2n) is 6.15. The molecule has 24 heavy (non-hydrogen) atoms. The molecule has 6 nitrogen and oxygen atoms in total. The molecular weight excluding hydrogens is 348 g/mol. The Morgan fingerprint density at radius 1 is 1.12 bits per heavy atom. The van der Waals surface area contributed by atoms with E-state index in [1.807, 2.05) is 19.9 Å². The van der Waals surface area contributed by atoms with Crippen LogP contribution in [0.25, 0.3) is 0 Å². The Bertz CT molecular complexity index is 724. The standard InChI is InChI=1S/C16H24N2O4S2/c1-12-11-14(13(2)23-12)15(19)5-6-16(20)17-7-4-8-18(10-9-17)24(3,21)22/h11H,4-10H2,1-3H3. The number of thiophene rings is 1. The summed E-state index contributed by atoms with van der Waals surface area (Å²) in [5, 5.41) is 0.